The van der Waals surface area contributed by atoms with E-state index in [9.17, 15) is 24.0 Å². The molecule has 2 atom stereocenters. The second kappa shape index (κ2) is 17.2. The number of primary amides is 1. The zero-order valence-corrected chi connectivity index (χ0v) is 30.3. The highest BCUT2D eigenvalue weighted by Crippen LogP contribution is 2.34. The van der Waals surface area contributed by atoms with E-state index in [1.165, 1.54) is 0 Å². The number of fused-ring (bicyclic) bond motifs is 5. The van der Waals surface area contributed by atoms with E-state index in [1.807, 2.05) is 36.4 Å². The fraction of sp³-hybridized carbons (Fsp3) is 0.244. The number of aromatic nitrogens is 2. The van der Waals surface area contributed by atoms with Gasteiger partial charge < -0.3 is 32.7 Å². The molecule has 5 amide bonds. The molecule has 0 saturated heterocycles. The summed E-state index contributed by atoms with van der Waals surface area (Å²) in [5.74, 6) is 3.49. The molecule has 0 radical (unpaired) electrons. The summed E-state index contributed by atoms with van der Waals surface area (Å²) in [7, 11) is 0. The van der Waals surface area contributed by atoms with Crippen molar-refractivity contribution in [3.8, 4) is 23.0 Å². The Bertz CT molecular complexity index is 2180. The van der Waals surface area contributed by atoms with E-state index in [2.05, 4.69) is 49.7 Å². The second-order valence-electron chi connectivity index (χ2n) is 13.0. The molecule has 3 aromatic carbocycles. The molecule has 8 N–H and O–H groups in total. The van der Waals surface area contributed by atoms with Crippen LogP contribution < -0.4 is 32.7 Å². The van der Waals surface area contributed by atoms with E-state index in [-0.39, 0.29) is 49.6 Å². The fourth-order valence-electron chi connectivity index (χ4n) is 6.16. The van der Waals surface area contributed by atoms with Gasteiger partial charge in [0.05, 0.1) is 35.6 Å². The lowest BCUT2D eigenvalue weighted by Crippen LogP contribution is -2.49. The fourth-order valence-corrected chi connectivity index (χ4v) is 6.16. The van der Waals surface area contributed by atoms with Crippen LogP contribution in [0.2, 0.25) is 0 Å². The number of carbonyl (C=O) groups is 5. The lowest BCUT2D eigenvalue weighted by atomic mass is 9.93. The zero-order valence-electron chi connectivity index (χ0n) is 30.3. The third-order valence-electron chi connectivity index (χ3n) is 8.85. The lowest BCUT2D eigenvalue weighted by Gasteiger charge is -2.23. The number of amides is 5. The Morgan fingerprint density at radius 3 is 2.37 bits per heavy atom. The van der Waals surface area contributed by atoms with Gasteiger partial charge in [0.15, 0.2) is 0 Å². The molecule has 1 unspecified atom stereocenters. The molecule has 1 aromatic heterocycles. The normalized spacial score (nSPS) is 14.6. The summed E-state index contributed by atoms with van der Waals surface area (Å²) in [6.07, 6.45) is 1.93. The van der Waals surface area contributed by atoms with Crippen LogP contribution in [0.1, 0.15) is 61.8 Å². The molecule has 276 valence electrons. The average Bonchev–Trinajstić information content (AvgIpc) is 3.13. The standard InChI is InChI=1S/C41H42N8O5/c1-5-26-9-11-27(12-10-26)13-14-34-45-24(3)37(25(4)46-34)41(54)48-32(15-16-42)40(53)49-38-23(2)17-29-19-31(38)30-8-6-7-28(18-30)21-35(50)44-22-36(51)47-33(20-29)39(43)52/h5-12,17-19,32-33H,1,15-16,20-22,42H2,2-4H3,(H2,43,52)(H,44,50)(H,47,51)(H,48,54)(H,49,53)/t32-,33?/m0/s1. The van der Waals surface area contributed by atoms with Crippen molar-refractivity contribution in [1.82, 2.24) is 25.9 Å². The zero-order chi connectivity index (χ0) is 38.9. The molecule has 2 heterocycles. The second-order valence-corrected chi connectivity index (χ2v) is 13.0. The van der Waals surface area contributed by atoms with Crippen LogP contribution in [0.4, 0.5) is 5.69 Å². The average molecular weight is 727 g/mol. The van der Waals surface area contributed by atoms with Crippen molar-refractivity contribution in [1.29, 1.82) is 0 Å². The van der Waals surface area contributed by atoms with Gasteiger partial charge in [0.2, 0.25) is 29.5 Å². The first kappa shape index (κ1) is 38.6. The van der Waals surface area contributed by atoms with Crippen LogP contribution in [0.15, 0.2) is 67.2 Å². The number of nitrogens with two attached hydrogens (primary N) is 2. The minimum Gasteiger partial charge on any atom is -0.368 e. The van der Waals surface area contributed by atoms with E-state index >= 15 is 0 Å². The summed E-state index contributed by atoms with van der Waals surface area (Å²) >= 11 is 0. The molecule has 1 aliphatic heterocycles. The van der Waals surface area contributed by atoms with Crippen molar-refractivity contribution in [2.24, 2.45) is 11.5 Å². The molecule has 0 saturated carbocycles. The summed E-state index contributed by atoms with van der Waals surface area (Å²) in [5.41, 5.74) is 18.0. The maximum absolute atomic E-state index is 14.0. The summed E-state index contributed by atoms with van der Waals surface area (Å²) in [5, 5.41) is 11.0. The van der Waals surface area contributed by atoms with Gasteiger partial charge in [-0.15, -0.1) is 0 Å². The van der Waals surface area contributed by atoms with Gasteiger partial charge in [-0.3, -0.25) is 24.0 Å². The summed E-state index contributed by atoms with van der Waals surface area (Å²) in [4.78, 5) is 74.1. The van der Waals surface area contributed by atoms with Crippen molar-refractivity contribution in [3.05, 3.63) is 118 Å². The highest BCUT2D eigenvalue weighted by atomic mass is 16.2. The van der Waals surface area contributed by atoms with Gasteiger partial charge in [-0.2, -0.15) is 0 Å². The predicted octanol–water partition coefficient (Wildman–Crippen LogP) is 2.38. The van der Waals surface area contributed by atoms with Gasteiger partial charge in [-0.05, 0) is 85.7 Å². The van der Waals surface area contributed by atoms with Gasteiger partial charge in [-0.25, -0.2) is 9.97 Å². The number of benzene rings is 3. The van der Waals surface area contributed by atoms with Crippen molar-refractivity contribution < 1.29 is 24.0 Å². The van der Waals surface area contributed by atoms with E-state index < -0.39 is 35.7 Å². The SMILES string of the molecule is C=Cc1ccc(C#Cc2nc(C)c(C(=O)N[C@@H](CCN)C(=O)Nc3c(C)cc4cc3-c3cccc(c3)CC(=O)NCC(=O)NC(C(N)=O)C4)c(C)n2)cc1. The summed E-state index contributed by atoms with van der Waals surface area (Å²) in [6, 6.07) is 16.3. The third kappa shape index (κ3) is 9.61. The van der Waals surface area contributed by atoms with E-state index in [0.717, 1.165) is 11.1 Å². The van der Waals surface area contributed by atoms with Crippen LogP contribution in [0.3, 0.4) is 0 Å². The topological polar surface area (TPSA) is 211 Å². The van der Waals surface area contributed by atoms with Crippen molar-refractivity contribution in [3.63, 3.8) is 0 Å². The molecular weight excluding hydrogens is 685 g/mol. The van der Waals surface area contributed by atoms with Crippen molar-refractivity contribution in [2.45, 2.75) is 52.1 Å². The highest BCUT2D eigenvalue weighted by molar-refractivity contribution is 6.04. The largest absolute Gasteiger partial charge is 0.368 e. The first-order chi connectivity index (χ1) is 25.8. The number of carbonyl (C=O) groups excluding carboxylic acids is 5. The van der Waals surface area contributed by atoms with Gasteiger partial charge in [-0.1, -0.05) is 61.0 Å². The Labute approximate surface area is 313 Å². The molecule has 0 fully saturated rings. The lowest BCUT2D eigenvalue weighted by molar-refractivity contribution is -0.128. The Morgan fingerprint density at radius 2 is 1.70 bits per heavy atom. The molecule has 4 bridgehead atoms. The van der Waals surface area contributed by atoms with Gasteiger partial charge in [0.1, 0.15) is 12.1 Å². The molecule has 54 heavy (non-hydrogen) atoms. The van der Waals surface area contributed by atoms with Crippen LogP contribution in [0, 0.1) is 32.6 Å². The molecule has 13 nitrogen and oxygen atoms in total. The van der Waals surface area contributed by atoms with Crippen LogP contribution in [-0.4, -0.2) is 64.7 Å². The number of hydrogen-bond donors (Lipinski definition) is 6. The monoisotopic (exact) mass is 726 g/mol. The highest BCUT2D eigenvalue weighted by Gasteiger charge is 2.26. The first-order valence-electron chi connectivity index (χ1n) is 17.3. The van der Waals surface area contributed by atoms with Crippen LogP contribution in [-0.2, 0) is 32.0 Å². The molecule has 5 rings (SSSR count). The maximum atomic E-state index is 14.0. The minimum absolute atomic E-state index is 0.00860. The van der Waals surface area contributed by atoms with E-state index in [0.29, 0.717) is 44.9 Å². The number of anilines is 1. The van der Waals surface area contributed by atoms with E-state index in [1.54, 1.807) is 51.1 Å². The molecule has 1 aliphatic rings. The Hall–Kier alpha value is -6.65. The van der Waals surface area contributed by atoms with Gasteiger partial charge in [0.25, 0.3) is 5.91 Å². The molecule has 4 aromatic rings. The Morgan fingerprint density at radius 1 is 0.981 bits per heavy atom. The smallest absolute Gasteiger partial charge is 0.255 e. The predicted molar refractivity (Wildman–Crippen MR) is 206 cm³/mol. The van der Waals surface area contributed by atoms with Crippen LogP contribution >= 0.6 is 0 Å². The number of nitrogens with zero attached hydrogens (tertiary/aromatic N) is 2. The summed E-state index contributed by atoms with van der Waals surface area (Å²) in [6.45, 7) is 8.70. The molecule has 0 aliphatic carbocycles. The first-order valence-corrected chi connectivity index (χ1v) is 17.3. The number of aryl methyl sites for hydroxylation is 3. The van der Waals surface area contributed by atoms with E-state index in [4.69, 9.17) is 11.5 Å². The minimum atomic E-state index is -1.05. The molecule has 0 spiro atoms. The number of hydrogen-bond acceptors (Lipinski definition) is 8. The molecule has 13 heteroatoms. The van der Waals surface area contributed by atoms with Gasteiger partial charge in [0, 0.05) is 17.5 Å². The quantitative estimate of drug-likeness (QED) is 0.148. The van der Waals surface area contributed by atoms with Gasteiger partial charge >= 0.3 is 0 Å². The van der Waals surface area contributed by atoms with Crippen molar-refractivity contribution >= 4 is 41.3 Å². The van der Waals surface area contributed by atoms with Crippen LogP contribution in [0.25, 0.3) is 17.2 Å². The number of rotatable bonds is 8. The number of nitrogens with one attached hydrogen (secondary N) is 4. The summed E-state index contributed by atoms with van der Waals surface area (Å²) < 4.78 is 0. The Kier molecular flexibility index (Phi) is 12.3. The third-order valence-corrected chi connectivity index (χ3v) is 8.85. The van der Waals surface area contributed by atoms with Crippen molar-refractivity contribution in [2.75, 3.05) is 18.4 Å². The maximum Gasteiger partial charge on any atom is 0.255 e. The molecular formula is C41H42N8O5. The Balaban J connectivity index is 1.43. The van der Waals surface area contributed by atoms with Crippen LogP contribution in [0.5, 0.6) is 0 Å².